The molecule has 0 aliphatic carbocycles. The third-order valence-electron chi connectivity index (χ3n) is 3.71. The molecule has 116 valence electrons. The second-order valence-electron chi connectivity index (χ2n) is 5.45. The van der Waals surface area contributed by atoms with Crippen LogP contribution in [0.5, 0.6) is 5.75 Å². The molecule has 0 aliphatic heterocycles. The van der Waals surface area contributed by atoms with Gasteiger partial charge in [-0.1, -0.05) is 43.3 Å². The molecule has 0 amide bonds. The van der Waals surface area contributed by atoms with Gasteiger partial charge in [0.05, 0.1) is 11.9 Å². The number of ether oxygens (including phenoxy) is 1. The van der Waals surface area contributed by atoms with Crippen LogP contribution in [0.1, 0.15) is 28.8 Å². The van der Waals surface area contributed by atoms with Crippen molar-refractivity contribution < 1.29 is 9.53 Å². The van der Waals surface area contributed by atoms with Gasteiger partial charge in [0.1, 0.15) is 5.75 Å². The number of para-hydroxylation sites is 1. The number of nitrogens with zero attached hydrogens (tertiary/aromatic N) is 2. The fourth-order valence-corrected chi connectivity index (χ4v) is 2.52. The first-order valence-corrected chi connectivity index (χ1v) is 7.56. The number of hydrogen-bond donors (Lipinski definition) is 0. The van der Waals surface area contributed by atoms with Crippen LogP contribution in [0.15, 0.2) is 73.3 Å². The summed E-state index contributed by atoms with van der Waals surface area (Å²) >= 11 is 0. The average Bonchev–Trinajstić information content (AvgIpc) is 3.09. The molecule has 1 aromatic heterocycles. The first-order valence-electron chi connectivity index (χ1n) is 7.56. The maximum Gasteiger partial charge on any atom is 0.343 e. The molecule has 23 heavy (non-hydrogen) atoms. The summed E-state index contributed by atoms with van der Waals surface area (Å²) in [6.07, 6.45) is 5.47. The Kier molecular flexibility index (Phi) is 4.52. The first kappa shape index (κ1) is 15.0. The minimum atomic E-state index is -0.340. The van der Waals surface area contributed by atoms with Gasteiger partial charge in [0.2, 0.25) is 0 Å². The minimum Gasteiger partial charge on any atom is -0.423 e. The first-order chi connectivity index (χ1) is 11.2. The zero-order valence-corrected chi connectivity index (χ0v) is 12.9. The van der Waals surface area contributed by atoms with Crippen molar-refractivity contribution in [2.24, 2.45) is 0 Å². The standard InChI is InChI=1S/C19H18N2O2/c1-15(13-21-12-11-20-14-21)17-9-5-6-10-18(17)23-19(22)16-7-3-2-4-8-16/h2-12,14-15H,13H2,1H3. The van der Waals surface area contributed by atoms with E-state index >= 15 is 0 Å². The summed E-state index contributed by atoms with van der Waals surface area (Å²) in [6, 6.07) is 16.7. The molecule has 0 fully saturated rings. The second-order valence-corrected chi connectivity index (χ2v) is 5.45. The Bertz CT molecular complexity index is 767. The van der Waals surface area contributed by atoms with Crippen molar-refractivity contribution in [2.75, 3.05) is 0 Å². The summed E-state index contributed by atoms with van der Waals surface area (Å²) < 4.78 is 7.62. The van der Waals surface area contributed by atoms with Crippen LogP contribution in [0.25, 0.3) is 0 Å². The molecule has 4 nitrogen and oxygen atoms in total. The van der Waals surface area contributed by atoms with E-state index in [9.17, 15) is 4.79 Å². The van der Waals surface area contributed by atoms with Crippen molar-refractivity contribution in [3.63, 3.8) is 0 Å². The molecule has 3 rings (SSSR count). The highest BCUT2D eigenvalue weighted by Gasteiger charge is 2.15. The lowest BCUT2D eigenvalue weighted by Crippen LogP contribution is -2.12. The number of benzene rings is 2. The van der Waals surface area contributed by atoms with Crippen LogP contribution < -0.4 is 4.74 Å². The lowest BCUT2D eigenvalue weighted by Gasteiger charge is -2.16. The zero-order valence-electron chi connectivity index (χ0n) is 12.9. The molecule has 0 saturated heterocycles. The Labute approximate surface area is 135 Å². The van der Waals surface area contributed by atoms with Crippen LogP contribution in [-0.2, 0) is 6.54 Å². The summed E-state index contributed by atoms with van der Waals surface area (Å²) in [7, 11) is 0. The molecule has 0 saturated carbocycles. The van der Waals surface area contributed by atoms with E-state index in [2.05, 4.69) is 11.9 Å². The van der Waals surface area contributed by atoms with Crippen molar-refractivity contribution in [3.8, 4) is 5.75 Å². The molecular weight excluding hydrogens is 288 g/mol. The van der Waals surface area contributed by atoms with Gasteiger partial charge in [0.15, 0.2) is 0 Å². The lowest BCUT2D eigenvalue weighted by atomic mass is 10.00. The summed E-state index contributed by atoms with van der Waals surface area (Å²) in [5.41, 5.74) is 1.55. The van der Waals surface area contributed by atoms with Gasteiger partial charge in [-0.15, -0.1) is 0 Å². The van der Waals surface area contributed by atoms with E-state index in [0.717, 1.165) is 12.1 Å². The number of rotatable bonds is 5. The lowest BCUT2D eigenvalue weighted by molar-refractivity contribution is 0.0732. The van der Waals surface area contributed by atoms with Gasteiger partial charge in [-0.2, -0.15) is 0 Å². The molecule has 0 spiro atoms. The summed E-state index contributed by atoms with van der Waals surface area (Å²) in [5.74, 6) is 0.464. The second kappa shape index (κ2) is 6.92. The van der Waals surface area contributed by atoms with Crippen molar-refractivity contribution >= 4 is 5.97 Å². The summed E-state index contributed by atoms with van der Waals surface area (Å²) in [4.78, 5) is 16.3. The number of carbonyl (C=O) groups excluding carboxylic acids is 1. The Balaban J connectivity index is 1.79. The number of carbonyl (C=O) groups is 1. The predicted molar refractivity (Wildman–Crippen MR) is 88.5 cm³/mol. The third kappa shape index (κ3) is 3.66. The van der Waals surface area contributed by atoms with Gasteiger partial charge in [0, 0.05) is 24.9 Å². The van der Waals surface area contributed by atoms with Gasteiger partial charge >= 0.3 is 5.97 Å². The van der Waals surface area contributed by atoms with Crippen molar-refractivity contribution in [1.82, 2.24) is 9.55 Å². The maximum atomic E-state index is 12.3. The Morgan fingerprint density at radius 2 is 1.87 bits per heavy atom. The predicted octanol–water partition coefficient (Wildman–Crippen LogP) is 3.91. The van der Waals surface area contributed by atoms with E-state index in [1.807, 2.05) is 53.2 Å². The molecule has 3 aromatic rings. The number of hydrogen-bond acceptors (Lipinski definition) is 3. The van der Waals surface area contributed by atoms with Crippen LogP contribution in [0.3, 0.4) is 0 Å². The molecule has 0 N–H and O–H groups in total. The molecule has 1 heterocycles. The normalized spacial score (nSPS) is 11.9. The van der Waals surface area contributed by atoms with E-state index < -0.39 is 0 Å². The fourth-order valence-electron chi connectivity index (χ4n) is 2.52. The van der Waals surface area contributed by atoms with E-state index in [-0.39, 0.29) is 11.9 Å². The van der Waals surface area contributed by atoms with Crippen LogP contribution >= 0.6 is 0 Å². The van der Waals surface area contributed by atoms with E-state index in [1.54, 1.807) is 24.7 Å². The largest absolute Gasteiger partial charge is 0.423 e. The summed E-state index contributed by atoms with van der Waals surface area (Å²) in [5, 5.41) is 0. The molecule has 0 bridgehead atoms. The van der Waals surface area contributed by atoms with Crippen LogP contribution in [-0.4, -0.2) is 15.5 Å². The molecule has 1 atom stereocenters. The molecule has 4 heteroatoms. The van der Waals surface area contributed by atoms with Gasteiger partial charge < -0.3 is 9.30 Å². The highest BCUT2D eigenvalue weighted by Crippen LogP contribution is 2.28. The third-order valence-corrected chi connectivity index (χ3v) is 3.71. The van der Waals surface area contributed by atoms with Gasteiger partial charge in [0.25, 0.3) is 0 Å². The number of esters is 1. The van der Waals surface area contributed by atoms with E-state index in [0.29, 0.717) is 11.3 Å². The van der Waals surface area contributed by atoms with Crippen LogP contribution in [0.4, 0.5) is 0 Å². The molecule has 0 aliphatic rings. The summed E-state index contributed by atoms with van der Waals surface area (Å²) in [6.45, 7) is 2.88. The van der Waals surface area contributed by atoms with Gasteiger partial charge in [-0.3, -0.25) is 0 Å². The van der Waals surface area contributed by atoms with Crippen LogP contribution in [0, 0.1) is 0 Å². The van der Waals surface area contributed by atoms with E-state index in [4.69, 9.17) is 4.74 Å². The topological polar surface area (TPSA) is 44.1 Å². The number of aromatic nitrogens is 2. The van der Waals surface area contributed by atoms with Crippen molar-refractivity contribution in [1.29, 1.82) is 0 Å². The average molecular weight is 306 g/mol. The minimum absolute atomic E-state index is 0.198. The number of imidazole rings is 1. The molecular formula is C19H18N2O2. The van der Waals surface area contributed by atoms with Crippen molar-refractivity contribution in [3.05, 3.63) is 84.4 Å². The SMILES string of the molecule is CC(Cn1ccnc1)c1ccccc1OC(=O)c1ccccc1. The van der Waals surface area contributed by atoms with Crippen LogP contribution in [0.2, 0.25) is 0 Å². The quantitative estimate of drug-likeness (QED) is 0.530. The smallest absolute Gasteiger partial charge is 0.343 e. The highest BCUT2D eigenvalue weighted by molar-refractivity contribution is 5.91. The Hall–Kier alpha value is -2.88. The molecule has 1 unspecified atom stereocenters. The van der Waals surface area contributed by atoms with E-state index in [1.165, 1.54) is 0 Å². The fraction of sp³-hybridized carbons (Fsp3) is 0.158. The van der Waals surface area contributed by atoms with Gasteiger partial charge in [-0.05, 0) is 23.8 Å². The van der Waals surface area contributed by atoms with Crippen molar-refractivity contribution in [2.45, 2.75) is 19.4 Å². The highest BCUT2D eigenvalue weighted by atomic mass is 16.5. The zero-order chi connectivity index (χ0) is 16.1. The van der Waals surface area contributed by atoms with Gasteiger partial charge in [-0.25, -0.2) is 9.78 Å². The molecule has 2 aromatic carbocycles. The Morgan fingerprint density at radius 3 is 2.61 bits per heavy atom. The monoisotopic (exact) mass is 306 g/mol. The maximum absolute atomic E-state index is 12.3. The Morgan fingerprint density at radius 1 is 1.13 bits per heavy atom. The molecule has 0 radical (unpaired) electrons.